The van der Waals surface area contributed by atoms with E-state index in [1.54, 1.807) is 0 Å². The minimum Gasteiger partial charge on any atom is -0.454 e. The van der Waals surface area contributed by atoms with Crippen LogP contribution in [0.1, 0.15) is 5.56 Å². The molecule has 0 radical (unpaired) electrons. The van der Waals surface area contributed by atoms with Crippen LogP contribution in [0.25, 0.3) is 22.3 Å². The average Bonchev–Trinajstić information content (AvgIpc) is 3.03. The SMILES string of the molecule is Cc1ccccc1-c1cccc(-c2ccc3c(c2)OCO3)c1. The molecule has 0 saturated heterocycles. The predicted molar refractivity (Wildman–Crippen MR) is 88.2 cm³/mol. The second kappa shape index (κ2) is 5.23. The Hall–Kier alpha value is -2.74. The summed E-state index contributed by atoms with van der Waals surface area (Å²) < 4.78 is 10.8. The van der Waals surface area contributed by atoms with Gasteiger partial charge in [0.1, 0.15) is 0 Å². The van der Waals surface area contributed by atoms with Crippen molar-refractivity contribution in [3.63, 3.8) is 0 Å². The second-order valence-electron chi connectivity index (χ2n) is 5.46. The van der Waals surface area contributed by atoms with Crippen molar-refractivity contribution in [2.75, 3.05) is 6.79 Å². The number of rotatable bonds is 2. The van der Waals surface area contributed by atoms with E-state index in [0.29, 0.717) is 6.79 Å². The third kappa shape index (κ3) is 2.23. The number of benzene rings is 3. The van der Waals surface area contributed by atoms with E-state index in [9.17, 15) is 0 Å². The first-order valence-corrected chi connectivity index (χ1v) is 7.37. The van der Waals surface area contributed by atoms with Crippen molar-refractivity contribution in [3.05, 3.63) is 72.3 Å². The molecule has 0 aliphatic carbocycles. The zero-order valence-corrected chi connectivity index (χ0v) is 12.4. The quantitative estimate of drug-likeness (QED) is 0.656. The summed E-state index contributed by atoms with van der Waals surface area (Å²) in [6.07, 6.45) is 0. The molecule has 3 aromatic rings. The molecule has 0 saturated carbocycles. The molecule has 0 atom stereocenters. The van der Waals surface area contributed by atoms with Gasteiger partial charge in [-0.2, -0.15) is 0 Å². The summed E-state index contributed by atoms with van der Waals surface area (Å²) in [4.78, 5) is 0. The highest BCUT2D eigenvalue weighted by Gasteiger charge is 2.14. The van der Waals surface area contributed by atoms with Crippen molar-refractivity contribution >= 4 is 0 Å². The topological polar surface area (TPSA) is 18.5 Å². The Morgan fingerprint density at radius 1 is 0.682 bits per heavy atom. The van der Waals surface area contributed by atoms with Crippen LogP contribution >= 0.6 is 0 Å². The van der Waals surface area contributed by atoms with Crippen LogP contribution in [-0.2, 0) is 0 Å². The molecule has 0 unspecified atom stereocenters. The van der Waals surface area contributed by atoms with Crippen LogP contribution in [0.5, 0.6) is 11.5 Å². The third-order valence-corrected chi connectivity index (χ3v) is 4.02. The maximum absolute atomic E-state index is 5.47. The highest BCUT2D eigenvalue weighted by atomic mass is 16.7. The molecule has 0 spiro atoms. The van der Waals surface area contributed by atoms with Crippen molar-refractivity contribution in [1.29, 1.82) is 0 Å². The normalized spacial score (nSPS) is 12.4. The summed E-state index contributed by atoms with van der Waals surface area (Å²) in [6, 6.07) is 23.1. The number of hydrogen-bond acceptors (Lipinski definition) is 2. The second-order valence-corrected chi connectivity index (χ2v) is 5.46. The Morgan fingerprint density at radius 3 is 2.36 bits per heavy atom. The maximum atomic E-state index is 5.47. The highest BCUT2D eigenvalue weighted by molar-refractivity contribution is 5.75. The van der Waals surface area contributed by atoms with Gasteiger partial charge in [-0.1, -0.05) is 48.5 Å². The van der Waals surface area contributed by atoms with Gasteiger partial charge in [-0.3, -0.25) is 0 Å². The first-order chi connectivity index (χ1) is 10.8. The molecule has 1 aliphatic heterocycles. The van der Waals surface area contributed by atoms with E-state index in [0.717, 1.165) is 17.1 Å². The molecule has 0 fully saturated rings. The third-order valence-electron chi connectivity index (χ3n) is 4.02. The summed E-state index contributed by atoms with van der Waals surface area (Å²) in [5.41, 5.74) is 6.10. The Kier molecular flexibility index (Phi) is 3.08. The van der Waals surface area contributed by atoms with Crippen LogP contribution in [0.2, 0.25) is 0 Å². The molecule has 1 heterocycles. The van der Waals surface area contributed by atoms with Gasteiger partial charge in [0.15, 0.2) is 11.5 Å². The maximum Gasteiger partial charge on any atom is 0.231 e. The minimum absolute atomic E-state index is 0.308. The summed E-state index contributed by atoms with van der Waals surface area (Å²) >= 11 is 0. The monoisotopic (exact) mass is 288 g/mol. The molecule has 4 rings (SSSR count). The van der Waals surface area contributed by atoms with Gasteiger partial charge in [0.25, 0.3) is 0 Å². The van der Waals surface area contributed by atoms with Gasteiger partial charge < -0.3 is 9.47 Å². The van der Waals surface area contributed by atoms with Crippen LogP contribution < -0.4 is 9.47 Å². The fraction of sp³-hybridized carbons (Fsp3) is 0.100. The summed E-state index contributed by atoms with van der Waals surface area (Å²) in [7, 11) is 0. The van der Waals surface area contributed by atoms with Gasteiger partial charge in [-0.15, -0.1) is 0 Å². The molecule has 2 nitrogen and oxygen atoms in total. The molecule has 108 valence electrons. The Labute approximate surface area is 129 Å². The van der Waals surface area contributed by atoms with E-state index >= 15 is 0 Å². The van der Waals surface area contributed by atoms with E-state index in [1.165, 1.54) is 22.3 Å². The van der Waals surface area contributed by atoms with Crippen LogP contribution in [-0.4, -0.2) is 6.79 Å². The Bertz CT molecular complexity index is 837. The molecular weight excluding hydrogens is 272 g/mol. The lowest BCUT2D eigenvalue weighted by molar-refractivity contribution is 0.174. The molecule has 0 amide bonds. The summed E-state index contributed by atoms with van der Waals surface area (Å²) in [5, 5.41) is 0. The highest BCUT2D eigenvalue weighted by Crippen LogP contribution is 2.36. The van der Waals surface area contributed by atoms with Gasteiger partial charge in [0, 0.05) is 0 Å². The van der Waals surface area contributed by atoms with Gasteiger partial charge in [-0.05, 0) is 52.9 Å². The standard InChI is InChI=1S/C20H16O2/c1-14-5-2-3-8-18(14)17-7-4-6-15(11-17)16-9-10-19-20(12-16)22-13-21-19/h2-12H,13H2,1H3. The van der Waals surface area contributed by atoms with E-state index in [4.69, 9.17) is 9.47 Å². The van der Waals surface area contributed by atoms with Crippen molar-refractivity contribution in [2.45, 2.75) is 6.92 Å². The number of fused-ring (bicyclic) bond motifs is 1. The van der Waals surface area contributed by atoms with Crippen LogP contribution in [0.3, 0.4) is 0 Å². The van der Waals surface area contributed by atoms with Crippen molar-refractivity contribution in [1.82, 2.24) is 0 Å². The lowest BCUT2D eigenvalue weighted by Gasteiger charge is -2.09. The molecule has 22 heavy (non-hydrogen) atoms. The van der Waals surface area contributed by atoms with Crippen LogP contribution in [0, 0.1) is 6.92 Å². The van der Waals surface area contributed by atoms with Gasteiger partial charge in [0.2, 0.25) is 6.79 Å². The number of ether oxygens (including phenoxy) is 2. The van der Waals surface area contributed by atoms with E-state index < -0.39 is 0 Å². The predicted octanol–water partition coefficient (Wildman–Crippen LogP) is 5.06. The lowest BCUT2D eigenvalue weighted by atomic mass is 9.96. The van der Waals surface area contributed by atoms with E-state index in [-0.39, 0.29) is 0 Å². The smallest absolute Gasteiger partial charge is 0.231 e. The number of hydrogen-bond donors (Lipinski definition) is 0. The van der Waals surface area contributed by atoms with E-state index in [2.05, 4.69) is 61.5 Å². The molecule has 2 heteroatoms. The zero-order valence-electron chi connectivity index (χ0n) is 12.4. The number of aryl methyl sites for hydroxylation is 1. The Morgan fingerprint density at radius 2 is 1.45 bits per heavy atom. The van der Waals surface area contributed by atoms with Crippen LogP contribution in [0.4, 0.5) is 0 Å². The molecule has 0 bridgehead atoms. The van der Waals surface area contributed by atoms with E-state index in [1.807, 2.05) is 12.1 Å². The lowest BCUT2D eigenvalue weighted by Crippen LogP contribution is -1.92. The first kappa shape index (κ1) is 13.0. The summed E-state index contributed by atoms with van der Waals surface area (Å²) in [5.74, 6) is 1.64. The first-order valence-electron chi connectivity index (χ1n) is 7.37. The molecule has 3 aromatic carbocycles. The molecule has 0 aromatic heterocycles. The zero-order chi connectivity index (χ0) is 14.9. The average molecular weight is 288 g/mol. The van der Waals surface area contributed by atoms with Crippen molar-refractivity contribution in [3.8, 4) is 33.8 Å². The fourth-order valence-corrected chi connectivity index (χ4v) is 2.84. The Balaban J connectivity index is 1.78. The van der Waals surface area contributed by atoms with Crippen molar-refractivity contribution < 1.29 is 9.47 Å². The molecular formula is C20H16O2. The van der Waals surface area contributed by atoms with Gasteiger partial charge in [0.05, 0.1) is 0 Å². The summed E-state index contributed by atoms with van der Waals surface area (Å²) in [6.45, 7) is 2.45. The van der Waals surface area contributed by atoms with Crippen molar-refractivity contribution in [2.24, 2.45) is 0 Å². The van der Waals surface area contributed by atoms with Crippen LogP contribution in [0.15, 0.2) is 66.7 Å². The largest absolute Gasteiger partial charge is 0.454 e. The molecule has 1 aliphatic rings. The fourth-order valence-electron chi connectivity index (χ4n) is 2.84. The van der Waals surface area contributed by atoms with Gasteiger partial charge >= 0.3 is 0 Å². The van der Waals surface area contributed by atoms with Gasteiger partial charge in [-0.25, -0.2) is 0 Å². The minimum atomic E-state index is 0.308. The molecule has 0 N–H and O–H groups in total.